The van der Waals surface area contributed by atoms with Gasteiger partial charge in [-0.3, -0.25) is 0 Å². The molecule has 0 N–H and O–H groups in total. The fraction of sp³-hybridized carbons (Fsp3) is 0.500. The first-order valence-corrected chi connectivity index (χ1v) is 10.4. The number of rotatable bonds is 1. The zero-order valence-electron chi connectivity index (χ0n) is 18.0. The fourth-order valence-electron chi connectivity index (χ4n) is 5.93. The lowest BCUT2D eigenvalue weighted by molar-refractivity contribution is -0.0653. The highest BCUT2D eigenvalue weighted by molar-refractivity contribution is 5.45. The topological polar surface area (TPSA) is 48.9 Å². The number of aromatic nitrogens is 3. The number of benzene rings is 1. The minimum atomic E-state index is -0.250. The maximum absolute atomic E-state index is 13.5. The summed E-state index contributed by atoms with van der Waals surface area (Å²) in [5.41, 5.74) is 1.33. The van der Waals surface area contributed by atoms with Crippen molar-refractivity contribution in [3.05, 3.63) is 75.1 Å². The van der Waals surface area contributed by atoms with E-state index < -0.39 is 0 Å². The molecule has 3 heterocycles. The van der Waals surface area contributed by atoms with Gasteiger partial charge in [-0.25, -0.2) is 23.5 Å². The summed E-state index contributed by atoms with van der Waals surface area (Å²) in [5, 5.41) is 0. The van der Waals surface area contributed by atoms with E-state index in [1.807, 2.05) is 30.3 Å². The third-order valence-electron chi connectivity index (χ3n) is 7.30. The molecule has 0 spiro atoms. The maximum Gasteiger partial charge on any atom is 0.352 e. The molecule has 152 valence electrons. The normalized spacial score (nSPS) is 29.9. The first-order chi connectivity index (χ1) is 13.5. The largest absolute Gasteiger partial charge is 0.352 e. The molecule has 1 aromatic carbocycles. The minimum Gasteiger partial charge on any atom is -0.245 e. The molecule has 2 aliphatic heterocycles. The summed E-state index contributed by atoms with van der Waals surface area (Å²) in [5.74, 6) is 0.223. The van der Waals surface area contributed by atoms with Crippen LogP contribution in [0.15, 0.2) is 63.7 Å². The molecule has 4 atom stereocenters. The second kappa shape index (κ2) is 5.32. The van der Waals surface area contributed by atoms with Crippen LogP contribution in [0.3, 0.4) is 0 Å². The zero-order chi connectivity index (χ0) is 20.9. The molecule has 0 fully saturated rings. The fourth-order valence-corrected chi connectivity index (χ4v) is 5.93. The smallest absolute Gasteiger partial charge is 0.245 e. The standard InChI is InChI=1S/C24H29N3O2/c1-22(2,3)16-14-24(23(4,5)6)18-13-12-17(19(16)24)26-20(28)25(21(29)27(18)26)15-10-8-7-9-11-15/h7-14,17-19H,1-6H3/t17-,18-,19+,24+/m1/s1. The van der Waals surface area contributed by atoms with Crippen LogP contribution in [0.4, 0.5) is 0 Å². The molecule has 5 nitrogen and oxygen atoms in total. The molecule has 2 aliphatic carbocycles. The Balaban J connectivity index is 1.81. The Kier molecular flexibility index (Phi) is 3.39. The highest BCUT2D eigenvalue weighted by atomic mass is 16.2. The van der Waals surface area contributed by atoms with Gasteiger partial charge in [0.1, 0.15) is 0 Å². The highest BCUT2D eigenvalue weighted by Gasteiger charge is 2.67. The van der Waals surface area contributed by atoms with Gasteiger partial charge < -0.3 is 0 Å². The monoisotopic (exact) mass is 391 g/mol. The number of para-hydroxylation sites is 1. The summed E-state index contributed by atoms with van der Waals surface area (Å²) in [6, 6.07) is 8.94. The van der Waals surface area contributed by atoms with Crippen molar-refractivity contribution in [1.29, 1.82) is 0 Å². The summed E-state index contributed by atoms with van der Waals surface area (Å²) in [6.07, 6.45) is 6.71. The summed E-state index contributed by atoms with van der Waals surface area (Å²) < 4.78 is 4.76. The molecule has 2 bridgehead atoms. The predicted octanol–water partition coefficient (Wildman–Crippen LogP) is 4.10. The Morgan fingerprint density at radius 3 is 2.07 bits per heavy atom. The quantitative estimate of drug-likeness (QED) is 0.687. The van der Waals surface area contributed by atoms with Gasteiger partial charge in [-0.05, 0) is 23.0 Å². The molecule has 0 radical (unpaired) electrons. The van der Waals surface area contributed by atoms with Crippen LogP contribution in [0.25, 0.3) is 5.69 Å². The summed E-state index contributed by atoms with van der Waals surface area (Å²) in [6.45, 7) is 13.5. The van der Waals surface area contributed by atoms with Gasteiger partial charge in [0.05, 0.1) is 17.8 Å². The van der Waals surface area contributed by atoms with E-state index in [-0.39, 0.29) is 45.6 Å². The Morgan fingerprint density at radius 2 is 1.48 bits per heavy atom. The predicted molar refractivity (Wildman–Crippen MR) is 114 cm³/mol. The first-order valence-electron chi connectivity index (χ1n) is 10.4. The van der Waals surface area contributed by atoms with Crippen molar-refractivity contribution in [2.24, 2.45) is 22.2 Å². The van der Waals surface area contributed by atoms with E-state index in [0.29, 0.717) is 5.69 Å². The lowest BCUT2D eigenvalue weighted by Gasteiger charge is -2.66. The summed E-state index contributed by atoms with van der Waals surface area (Å²) in [4.78, 5) is 27.0. The van der Waals surface area contributed by atoms with Crippen LogP contribution in [0.1, 0.15) is 53.6 Å². The molecule has 0 saturated carbocycles. The summed E-state index contributed by atoms with van der Waals surface area (Å²) >= 11 is 0. The molecule has 29 heavy (non-hydrogen) atoms. The van der Waals surface area contributed by atoms with E-state index in [4.69, 9.17) is 0 Å². The highest BCUT2D eigenvalue weighted by Crippen LogP contribution is 2.71. The van der Waals surface area contributed by atoms with Crippen LogP contribution in [0.2, 0.25) is 0 Å². The van der Waals surface area contributed by atoms with E-state index in [9.17, 15) is 9.59 Å². The third kappa shape index (κ3) is 2.06. The van der Waals surface area contributed by atoms with Crippen LogP contribution < -0.4 is 11.4 Å². The number of hydrogen-bond acceptors (Lipinski definition) is 2. The molecule has 0 amide bonds. The van der Waals surface area contributed by atoms with Crippen molar-refractivity contribution in [2.45, 2.75) is 53.6 Å². The molecular weight excluding hydrogens is 362 g/mol. The van der Waals surface area contributed by atoms with E-state index in [0.717, 1.165) is 0 Å². The van der Waals surface area contributed by atoms with Crippen molar-refractivity contribution < 1.29 is 0 Å². The van der Waals surface area contributed by atoms with Gasteiger partial charge in [-0.1, -0.05) is 83.5 Å². The SMILES string of the molecule is CC(C)(C)C1=C[C@@]2(C(C)(C)C)[C@@H]1[C@H]1C=C[C@H]2n2c(=O)n(-c3ccccc3)c(=O)n21. The van der Waals surface area contributed by atoms with E-state index in [1.165, 1.54) is 10.1 Å². The average Bonchev–Trinajstić information content (AvgIpc) is 2.86. The van der Waals surface area contributed by atoms with Gasteiger partial charge in [0.2, 0.25) is 0 Å². The van der Waals surface area contributed by atoms with E-state index in [2.05, 4.69) is 59.8 Å². The Labute approximate surface area is 171 Å². The number of allylic oxidation sites excluding steroid dienone is 4. The van der Waals surface area contributed by atoms with E-state index >= 15 is 0 Å². The molecule has 1 aromatic heterocycles. The van der Waals surface area contributed by atoms with Crippen molar-refractivity contribution in [1.82, 2.24) is 13.9 Å². The van der Waals surface area contributed by atoms with Gasteiger partial charge >= 0.3 is 11.4 Å². The second-order valence-corrected chi connectivity index (χ2v) is 10.8. The van der Waals surface area contributed by atoms with Crippen LogP contribution in [0.5, 0.6) is 0 Å². The van der Waals surface area contributed by atoms with Gasteiger partial charge in [-0.2, -0.15) is 0 Å². The van der Waals surface area contributed by atoms with Crippen molar-refractivity contribution in [3.8, 4) is 5.69 Å². The molecule has 5 heteroatoms. The van der Waals surface area contributed by atoms with Gasteiger partial charge in [0.25, 0.3) is 0 Å². The first kappa shape index (κ1) is 18.5. The summed E-state index contributed by atoms with van der Waals surface area (Å²) in [7, 11) is 0. The van der Waals surface area contributed by atoms with Crippen LogP contribution >= 0.6 is 0 Å². The average molecular weight is 392 g/mol. The van der Waals surface area contributed by atoms with Crippen molar-refractivity contribution in [2.75, 3.05) is 0 Å². The second-order valence-electron chi connectivity index (χ2n) is 10.8. The Morgan fingerprint density at radius 1 is 0.862 bits per heavy atom. The lowest BCUT2D eigenvalue weighted by Crippen LogP contribution is -2.64. The van der Waals surface area contributed by atoms with Gasteiger partial charge in [0.15, 0.2) is 0 Å². The van der Waals surface area contributed by atoms with Gasteiger partial charge in [0, 0.05) is 11.3 Å². The van der Waals surface area contributed by atoms with Crippen LogP contribution in [-0.2, 0) is 0 Å². The maximum atomic E-state index is 13.5. The van der Waals surface area contributed by atoms with Gasteiger partial charge in [-0.15, -0.1) is 0 Å². The van der Waals surface area contributed by atoms with Crippen LogP contribution in [0, 0.1) is 22.2 Å². The van der Waals surface area contributed by atoms with Crippen LogP contribution in [-0.4, -0.2) is 13.9 Å². The molecule has 6 rings (SSSR count). The van der Waals surface area contributed by atoms with Crippen molar-refractivity contribution in [3.63, 3.8) is 0 Å². The number of nitrogens with zero attached hydrogens (tertiary/aromatic N) is 3. The van der Waals surface area contributed by atoms with Crippen molar-refractivity contribution >= 4 is 0 Å². The number of hydrogen-bond donors (Lipinski definition) is 0. The Hall–Kier alpha value is -2.56. The molecule has 0 saturated heterocycles. The molecule has 0 unspecified atom stereocenters. The lowest BCUT2D eigenvalue weighted by atomic mass is 9.41. The molecule has 4 aliphatic rings. The third-order valence-corrected chi connectivity index (χ3v) is 7.30. The van der Waals surface area contributed by atoms with E-state index in [1.54, 1.807) is 9.36 Å². The zero-order valence-corrected chi connectivity index (χ0v) is 18.0. The Bertz CT molecular complexity index is 1180. The molecular formula is C24H29N3O2. The molecule has 2 aromatic rings. The minimum absolute atomic E-state index is 0.0292.